The van der Waals surface area contributed by atoms with Crippen molar-refractivity contribution in [1.29, 1.82) is 0 Å². The molecule has 2 heterocycles. The van der Waals surface area contributed by atoms with E-state index in [1.165, 1.54) is 28.5 Å². The van der Waals surface area contributed by atoms with E-state index in [1.54, 1.807) is 19.1 Å². The minimum absolute atomic E-state index is 0.178. The first kappa shape index (κ1) is 16.2. The van der Waals surface area contributed by atoms with Gasteiger partial charge in [-0.3, -0.25) is 14.9 Å². The third kappa shape index (κ3) is 3.80. The molecule has 124 valence electrons. The van der Waals surface area contributed by atoms with Crippen LogP contribution < -0.4 is 5.32 Å². The lowest BCUT2D eigenvalue weighted by Gasteiger charge is -2.23. The van der Waals surface area contributed by atoms with Crippen LogP contribution in [0.25, 0.3) is 0 Å². The fraction of sp³-hybridized carbons (Fsp3) is 0.267. The van der Waals surface area contributed by atoms with E-state index < -0.39 is 5.91 Å². The number of rotatable bonds is 4. The smallest absolute Gasteiger partial charge is 0.273 e. The normalized spacial score (nSPS) is 14.5. The zero-order chi connectivity index (χ0) is 17.1. The summed E-state index contributed by atoms with van der Waals surface area (Å²) in [4.78, 5) is 24.2. The molecule has 24 heavy (non-hydrogen) atoms. The number of aromatic nitrogens is 2. The van der Waals surface area contributed by atoms with Crippen LogP contribution >= 0.6 is 11.3 Å². The average Bonchev–Trinajstić information content (AvgIpc) is 2.96. The lowest BCUT2D eigenvalue weighted by molar-refractivity contribution is -0.132. The highest BCUT2D eigenvalue weighted by Crippen LogP contribution is 2.17. The molecule has 0 spiro atoms. The largest absolute Gasteiger partial charge is 0.295 e. The van der Waals surface area contributed by atoms with Gasteiger partial charge < -0.3 is 0 Å². The Morgan fingerprint density at radius 2 is 2.04 bits per heavy atom. The predicted molar refractivity (Wildman–Crippen MR) is 86.9 cm³/mol. The molecule has 0 bridgehead atoms. The second-order valence-electron chi connectivity index (χ2n) is 5.20. The summed E-state index contributed by atoms with van der Waals surface area (Å²) >= 11 is 1.26. The number of carbonyl (C=O) groups excluding carboxylic acids is 2. The van der Waals surface area contributed by atoms with E-state index in [1.807, 2.05) is 0 Å². The third-order valence-corrected chi connectivity index (χ3v) is 4.11. The van der Waals surface area contributed by atoms with Crippen molar-refractivity contribution < 1.29 is 14.0 Å². The molecule has 7 nitrogen and oxygen atoms in total. The number of nitrogens with zero attached hydrogens (tertiary/aromatic N) is 4. The van der Waals surface area contributed by atoms with Crippen LogP contribution in [0.1, 0.15) is 23.4 Å². The van der Waals surface area contributed by atoms with Gasteiger partial charge in [0, 0.05) is 12.8 Å². The number of benzene rings is 1. The quantitative estimate of drug-likeness (QED) is 0.917. The fourth-order valence-electron chi connectivity index (χ4n) is 2.17. The topological polar surface area (TPSA) is 87.6 Å². The first-order chi connectivity index (χ1) is 11.5. The first-order valence-corrected chi connectivity index (χ1v) is 8.06. The number of hydrogen-bond acceptors (Lipinski definition) is 6. The molecule has 0 aliphatic carbocycles. The second kappa shape index (κ2) is 6.83. The summed E-state index contributed by atoms with van der Waals surface area (Å²) < 4.78 is 12.9. The van der Waals surface area contributed by atoms with Gasteiger partial charge in [0.05, 0.1) is 6.54 Å². The van der Waals surface area contributed by atoms with Gasteiger partial charge in [-0.1, -0.05) is 23.5 Å². The highest BCUT2D eigenvalue weighted by Gasteiger charge is 2.25. The Hall–Kier alpha value is -2.68. The molecule has 1 aromatic carbocycles. The summed E-state index contributed by atoms with van der Waals surface area (Å²) in [5, 5.41) is 16.8. The van der Waals surface area contributed by atoms with E-state index >= 15 is 0 Å². The summed E-state index contributed by atoms with van der Waals surface area (Å²) in [7, 11) is 0. The Morgan fingerprint density at radius 3 is 2.71 bits per heavy atom. The molecule has 0 saturated carbocycles. The average molecular weight is 347 g/mol. The molecule has 0 atom stereocenters. The summed E-state index contributed by atoms with van der Waals surface area (Å²) in [6.45, 7) is 1.97. The van der Waals surface area contributed by atoms with Crippen LogP contribution in [0.5, 0.6) is 0 Å². The molecule has 0 radical (unpaired) electrons. The van der Waals surface area contributed by atoms with E-state index in [9.17, 15) is 14.0 Å². The Kier molecular flexibility index (Phi) is 4.61. The Morgan fingerprint density at radius 1 is 1.29 bits per heavy atom. The van der Waals surface area contributed by atoms with Gasteiger partial charge in [0.2, 0.25) is 11.0 Å². The molecule has 1 aliphatic heterocycles. The maximum absolute atomic E-state index is 12.9. The van der Waals surface area contributed by atoms with Crippen molar-refractivity contribution in [3.63, 3.8) is 0 Å². The number of anilines is 1. The highest BCUT2D eigenvalue weighted by molar-refractivity contribution is 7.15. The molecule has 2 aromatic rings. The molecular weight excluding hydrogens is 333 g/mol. The monoisotopic (exact) mass is 347 g/mol. The van der Waals surface area contributed by atoms with Crippen molar-refractivity contribution in [2.45, 2.75) is 26.3 Å². The van der Waals surface area contributed by atoms with Gasteiger partial charge in [0.15, 0.2) is 0 Å². The zero-order valence-electron chi connectivity index (χ0n) is 12.8. The van der Waals surface area contributed by atoms with E-state index in [0.29, 0.717) is 5.13 Å². The predicted octanol–water partition coefficient (Wildman–Crippen LogP) is 2.10. The molecule has 2 amide bonds. The molecule has 0 fully saturated rings. The van der Waals surface area contributed by atoms with Crippen molar-refractivity contribution in [2.24, 2.45) is 5.10 Å². The van der Waals surface area contributed by atoms with Gasteiger partial charge in [-0.25, -0.2) is 9.40 Å². The lowest BCUT2D eigenvalue weighted by atomic mass is 10.1. The molecule has 1 aliphatic rings. The van der Waals surface area contributed by atoms with Crippen LogP contribution in [0.4, 0.5) is 9.52 Å². The van der Waals surface area contributed by atoms with E-state index in [0.717, 1.165) is 10.6 Å². The van der Waals surface area contributed by atoms with Crippen LogP contribution in [-0.4, -0.2) is 32.7 Å². The second-order valence-corrected chi connectivity index (χ2v) is 6.39. The highest BCUT2D eigenvalue weighted by atomic mass is 32.1. The SMILES string of the molecule is Cc1nnc(NC(=O)C2=NN(Cc3ccc(F)cc3)C(=O)CC2)s1. The zero-order valence-corrected chi connectivity index (χ0v) is 13.6. The maximum atomic E-state index is 12.9. The molecular formula is C15H14FN5O2S. The van der Waals surface area contributed by atoms with Gasteiger partial charge in [0.25, 0.3) is 5.91 Å². The lowest BCUT2D eigenvalue weighted by Crippen LogP contribution is -2.36. The molecule has 3 rings (SSSR count). The number of aryl methyl sites for hydroxylation is 1. The molecule has 0 unspecified atom stereocenters. The Bertz CT molecular complexity index is 802. The van der Waals surface area contributed by atoms with Crippen LogP contribution in [0.2, 0.25) is 0 Å². The van der Waals surface area contributed by atoms with Crippen molar-refractivity contribution in [3.8, 4) is 0 Å². The van der Waals surface area contributed by atoms with E-state index in [2.05, 4.69) is 20.6 Å². The van der Waals surface area contributed by atoms with Gasteiger partial charge in [0.1, 0.15) is 16.5 Å². The number of hydrazone groups is 1. The van der Waals surface area contributed by atoms with Gasteiger partial charge >= 0.3 is 0 Å². The summed E-state index contributed by atoms with van der Waals surface area (Å²) in [6.07, 6.45) is 0.463. The van der Waals surface area contributed by atoms with Crippen molar-refractivity contribution in [3.05, 3.63) is 40.7 Å². The fourth-order valence-corrected chi connectivity index (χ4v) is 2.75. The van der Waals surface area contributed by atoms with Gasteiger partial charge in [-0.05, 0) is 24.6 Å². The van der Waals surface area contributed by atoms with Gasteiger partial charge in [-0.2, -0.15) is 5.10 Å². The molecule has 1 aromatic heterocycles. The van der Waals surface area contributed by atoms with Crippen molar-refractivity contribution in [1.82, 2.24) is 15.2 Å². The maximum Gasteiger partial charge on any atom is 0.273 e. The van der Waals surface area contributed by atoms with Crippen LogP contribution in [0.3, 0.4) is 0 Å². The van der Waals surface area contributed by atoms with Crippen LogP contribution in [-0.2, 0) is 16.1 Å². The Labute approximate surface area is 141 Å². The Balaban J connectivity index is 1.72. The number of halogens is 1. The molecule has 0 saturated heterocycles. The van der Waals surface area contributed by atoms with E-state index in [-0.39, 0.29) is 36.8 Å². The van der Waals surface area contributed by atoms with E-state index in [4.69, 9.17) is 0 Å². The number of nitrogens with one attached hydrogen (secondary N) is 1. The molecule has 1 N–H and O–H groups in total. The number of hydrogen-bond donors (Lipinski definition) is 1. The summed E-state index contributed by atoms with van der Waals surface area (Å²) in [5.41, 5.74) is 0.986. The van der Waals surface area contributed by atoms with Crippen LogP contribution in [0.15, 0.2) is 29.4 Å². The number of amides is 2. The first-order valence-electron chi connectivity index (χ1n) is 7.25. The van der Waals surface area contributed by atoms with Gasteiger partial charge in [-0.15, -0.1) is 10.2 Å². The summed E-state index contributed by atoms with van der Waals surface area (Å²) in [5.74, 6) is -0.926. The summed E-state index contributed by atoms with van der Waals surface area (Å²) in [6, 6.07) is 5.80. The standard InChI is InChI=1S/C15H14FN5O2S/c1-9-18-19-15(24-9)17-14(23)12-6-7-13(22)21(20-12)8-10-2-4-11(16)5-3-10/h2-5H,6-8H2,1H3,(H,17,19,23). The molecule has 9 heteroatoms. The minimum atomic E-state index is -0.400. The van der Waals surface area contributed by atoms with Crippen LogP contribution in [0, 0.1) is 12.7 Å². The van der Waals surface area contributed by atoms with Crippen molar-refractivity contribution >= 4 is 34.0 Å². The van der Waals surface area contributed by atoms with Crippen molar-refractivity contribution in [2.75, 3.05) is 5.32 Å². The minimum Gasteiger partial charge on any atom is -0.295 e. The third-order valence-electron chi connectivity index (χ3n) is 3.36. The number of carbonyl (C=O) groups is 2.